The van der Waals surface area contributed by atoms with Gasteiger partial charge >= 0.3 is 0 Å². The number of halogens is 1. The Labute approximate surface area is 267 Å². The van der Waals surface area contributed by atoms with Crippen LogP contribution >= 0.6 is 0 Å². The number of ether oxygens (including phenoxy) is 2. The third-order valence-electron chi connectivity index (χ3n) is 12.5. The van der Waals surface area contributed by atoms with Crippen molar-refractivity contribution >= 4 is 11.7 Å². The molecule has 0 bridgehead atoms. The zero-order chi connectivity index (χ0) is 31.1. The molecule has 6 fully saturated rings. The molecule has 11 unspecified atom stereocenters. The van der Waals surface area contributed by atoms with Crippen LogP contribution in [0.15, 0.2) is 11.8 Å². The highest BCUT2D eigenvalue weighted by Crippen LogP contribution is 2.50. The summed E-state index contributed by atoms with van der Waals surface area (Å²) < 4.78 is 28.8. The first-order valence-corrected chi connectivity index (χ1v) is 18.0. The lowest BCUT2D eigenvalue weighted by molar-refractivity contribution is -0.211. The number of hydrogen-bond acceptors (Lipinski definition) is 9. The van der Waals surface area contributed by atoms with Crippen LogP contribution < -0.4 is 16.4 Å². The first-order valence-electron chi connectivity index (χ1n) is 18.0. The number of amides is 1. The molecule has 3 saturated carbocycles. The zero-order valence-electron chi connectivity index (χ0n) is 27.1. The molecule has 7 rings (SSSR count). The van der Waals surface area contributed by atoms with Crippen LogP contribution in [0.25, 0.3) is 0 Å². The Morgan fingerprint density at radius 2 is 1.84 bits per heavy atom. The summed E-state index contributed by atoms with van der Waals surface area (Å²) in [4.78, 5) is 34.7. The van der Waals surface area contributed by atoms with Crippen molar-refractivity contribution in [3.8, 4) is 0 Å². The monoisotopic (exact) mass is 630 g/mol. The number of nitrogens with two attached hydrogens (primary N) is 1. The summed E-state index contributed by atoms with van der Waals surface area (Å²) in [7, 11) is 2.13. The lowest BCUT2D eigenvalue weighted by Crippen LogP contribution is -2.77. The highest BCUT2D eigenvalue weighted by Gasteiger charge is 2.62. The van der Waals surface area contributed by atoms with Gasteiger partial charge in [0.1, 0.15) is 6.17 Å². The van der Waals surface area contributed by atoms with Gasteiger partial charge in [0.15, 0.2) is 5.78 Å². The van der Waals surface area contributed by atoms with Crippen LogP contribution in [-0.2, 0) is 19.1 Å². The molecule has 0 aromatic rings. The van der Waals surface area contributed by atoms with Crippen molar-refractivity contribution in [3.05, 3.63) is 11.8 Å². The number of fused-ring (bicyclic) bond motifs is 3. The average molecular weight is 631 g/mol. The molecule has 1 amide bonds. The van der Waals surface area contributed by atoms with Gasteiger partial charge in [-0.05, 0) is 77.0 Å². The van der Waals surface area contributed by atoms with Gasteiger partial charge in [-0.3, -0.25) is 14.5 Å². The van der Waals surface area contributed by atoms with E-state index in [0.717, 1.165) is 71.5 Å². The number of nitrogens with zero attached hydrogens (tertiary/aromatic N) is 3. The lowest BCUT2D eigenvalue weighted by atomic mass is 9.64. The minimum Gasteiger partial charge on any atom is -0.379 e. The SMILES string of the molecule is CN1CCCC1CCNC(=O)C1=CN2C3CC4CCCCC4CC3OC3C(NCCCN4CCOCC4)C(F)C(N)C(C1=O)C32. The van der Waals surface area contributed by atoms with Crippen LogP contribution in [-0.4, -0.2) is 135 Å². The van der Waals surface area contributed by atoms with Gasteiger partial charge in [-0.2, -0.15) is 0 Å². The fourth-order valence-electron chi connectivity index (χ4n) is 9.98. The second-order valence-electron chi connectivity index (χ2n) is 15.0. The van der Waals surface area contributed by atoms with E-state index >= 15 is 4.39 Å². The molecule has 3 aliphatic carbocycles. The van der Waals surface area contributed by atoms with Crippen molar-refractivity contribution < 1.29 is 23.5 Å². The van der Waals surface area contributed by atoms with Gasteiger partial charge < -0.3 is 35.6 Å². The molecule has 4 N–H and O–H groups in total. The van der Waals surface area contributed by atoms with E-state index in [9.17, 15) is 9.59 Å². The Morgan fingerprint density at radius 3 is 2.60 bits per heavy atom. The molecule has 7 aliphatic rings. The molecule has 0 radical (unpaired) electrons. The number of carbonyl (C=O) groups is 2. The van der Waals surface area contributed by atoms with Crippen molar-refractivity contribution in [1.29, 1.82) is 0 Å². The maximum atomic E-state index is 16.4. The van der Waals surface area contributed by atoms with Crippen LogP contribution in [0.5, 0.6) is 0 Å². The van der Waals surface area contributed by atoms with Crippen LogP contribution in [0.2, 0.25) is 0 Å². The van der Waals surface area contributed by atoms with E-state index in [-0.39, 0.29) is 35.5 Å². The Bertz CT molecular complexity index is 1100. The summed E-state index contributed by atoms with van der Waals surface area (Å²) in [6.07, 6.45) is 10.8. The van der Waals surface area contributed by atoms with E-state index in [2.05, 4.69) is 32.4 Å². The summed E-state index contributed by atoms with van der Waals surface area (Å²) in [5.41, 5.74) is 6.81. The second kappa shape index (κ2) is 13.8. The number of carbonyl (C=O) groups excluding carboxylic acids is 2. The van der Waals surface area contributed by atoms with Gasteiger partial charge in [-0.1, -0.05) is 25.7 Å². The van der Waals surface area contributed by atoms with Crippen LogP contribution in [0.1, 0.15) is 64.2 Å². The highest BCUT2D eigenvalue weighted by atomic mass is 19.1. The van der Waals surface area contributed by atoms with Gasteiger partial charge in [0.05, 0.1) is 55.0 Å². The Balaban J connectivity index is 1.11. The van der Waals surface area contributed by atoms with Crippen LogP contribution in [0.4, 0.5) is 4.39 Å². The zero-order valence-corrected chi connectivity index (χ0v) is 27.1. The topological polar surface area (TPSA) is 112 Å². The number of likely N-dealkylation sites (tertiary alicyclic amines) is 1. The predicted octanol–water partition coefficient (Wildman–Crippen LogP) is 1.44. The Kier molecular flexibility index (Phi) is 9.83. The van der Waals surface area contributed by atoms with E-state index in [4.69, 9.17) is 15.2 Å². The smallest absolute Gasteiger partial charge is 0.256 e. The first-order chi connectivity index (χ1) is 21.9. The van der Waals surface area contributed by atoms with Gasteiger partial charge in [0, 0.05) is 37.9 Å². The van der Waals surface area contributed by atoms with E-state index in [0.29, 0.717) is 31.0 Å². The summed E-state index contributed by atoms with van der Waals surface area (Å²) >= 11 is 0. The molecule has 3 saturated heterocycles. The largest absolute Gasteiger partial charge is 0.379 e. The number of rotatable bonds is 9. The van der Waals surface area contributed by atoms with E-state index < -0.39 is 30.3 Å². The minimum atomic E-state index is -1.45. The number of hydrogen-bond donors (Lipinski definition) is 3. The second-order valence-corrected chi connectivity index (χ2v) is 15.0. The van der Waals surface area contributed by atoms with Crippen molar-refractivity contribution in [3.63, 3.8) is 0 Å². The maximum absolute atomic E-state index is 16.4. The molecule has 10 nitrogen and oxygen atoms in total. The van der Waals surface area contributed by atoms with Crippen molar-refractivity contribution in [2.24, 2.45) is 23.5 Å². The molecule has 0 aromatic carbocycles. The fraction of sp³-hybridized carbons (Fsp3) is 0.882. The molecule has 11 atom stereocenters. The van der Waals surface area contributed by atoms with Gasteiger partial charge in [0.25, 0.3) is 5.91 Å². The predicted molar refractivity (Wildman–Crippen MR) is 169 cm³/mol. The summed E-state index contributed by atoms with van der Waals surface area (Å²) in [6.45, 7) is 6.56. The van der Waals surface area contributed by atoms with Crippen molar-refractivity contribution in [2.45, 2.75) is 113 Å². The average Bonchev–Trinajstić information content (AvgIpc) is 3.46. The third-order valence-corrected chi connectivity index (χ3v) is 12.5. The summed E-state index contributed by atoms with van der Waals surface area (Å²) in [5, 5.41) is 6.55. The van der Waals surface area contributed by atoms with E-state index in [1.54, 1.807) is 0 Å². The molecule has 4 aliphatic heterocycles. The fourth-order valence-corrected chi connectivity index (χ4v) is 9.98. The first kappa shape index (κ1) is 31.9. The van der Waals surface area contributed by atoms with E-state index in [1.165, 1.54) is 32.1 Å². The normalized spacial score (nSPS) is 42.0. The van der Waals surface area contributed by atoms with Crippen molar-refractivity contribution in [2.75, 3.05) is 59.5 Å². The molecule has 252 valence electrons. The highest BCUT2D eigenvalue weighted by molar-refractivity contribution is 6.20. The molecule has 11 heteroatoms. The lowest BCUT2D eigenvalue weighted by Gasteiger charge is -2.62. The summed E-state index contributed by atoms with van der Waals surface area (Å²) in [6, 6.07) is -1.46. The number of ketones is 1. The third kappa shape index (κ3) is 6.34. The molecular weight excluding hydrogens is 575 g/mol. The molecule has 0 spiro atoms. The number of alkyl halides is 1. The maximum Gasteiger partial charge on any atom is 0.256 e. The Morgan fingerprint density at radius 1 is 1.07 bits per heavy atom. The molecule has 0 aromatic heterocycles. The molecule has 4 heterocycles. The van der Waals surface area contributed by atoms with Crippen molar-refractivity contribution in [1.82, 2.24) is 25.3 Å². The standard InChI is InChI=1S/C34H55FN6O4/c1-39-12-4-8-23(39)9-11-38-34(43)24-20-41-25-18-21-6-2-3-7-22(21)19-26(25)45-33-30(28(35)29(36)27(31(33)41)32(24)42)37-10-5-13-40-14-16-44-17-15-40/h20-23,25-31,33,37H,2-19,36H2,1H3,(H,38,43). The minimum absolute atomic E-state index is 0.0444. The van der Waals surface area contributed by atoms with Crippen LogP contribution in [0.3, 0.4) is 0 Å². The quantitative estimate of drug-likeness (QED) is 0.257. The number of nitrogens with one attached hydrogen (secondary N) is 2. The number of Topliss-reactive ketones (excluding diaryl/α,β-unsaturated/α-hetero) is 1. The van der Waals surface area contributed by atoms with Gasteiger partial charge in [0.2, 0.25) is 0 Å². The van der Waals surface area contributed by atoms with Gasteiger partial charge in [-0.15, -0.1) is 0 Å². The van der Waals surface area contributed by atoms with Gasteiger partial charge in [-0.25, -0.2) is 4.39 Å². The van der Waals surface area contributed by atoms with E-state index in [1.807, 2.05) is 6.20 Å². The molecule has 45 heavy (non-hydrogen) atoms. The molecular formula is C34H55FN6O4. The Hall–Kier alpha value is -1.63. The van der Waals surface area contributed by atoms with Crippen LogP contribution in [0, 0.1) is 17.8 Å². The number of morpholine rings is 2. The summed E-state index contributed by atoms with van der Waals surface area (Å²) in [5.74, 6) is -0.230.